The van der Waals surface area contributed by atoms with E-state index in [1.54, 1.807) is 12.3 Å². The highest BCUT2D eigenvalue weighted by Gasteiger charge is 2.17. The maximum absolute atomic E-state index is 5.94. The number of nitrogen functional groups attached to an aromatic ring is 1. The summed E-state index contributed by atoms with van der Waals surface area (Å²) < 4.78 is 0. The molecule has 13 heavy (non-hydrogen) atoms. The van der Waals surface area contributed by atoms with Gasteiger partial charge in [-0.25, -0.2) is 4.98 Å². The van der Waals surface area contributed by atoms with Gasteiger partial charge in [0.15, 0.2) is 0 Å². The summed E-state index contributed by atoms with van der Waals surface area (Å²) >= 11 is 5.90. The second-order valence-corrected chi connectivity index (χ2v) is 3.73. The van der Waals surface area contributed by atoms with E-state index in [4.69, 9.17) is 23.1 Å². The minimum absolute atomic E-state index is 0.152. The van der Waals surface area contributed by atoms with Gasteiger partial charge in [0.25, 0.3) is 0 Å². The second-order valence-electron chi connectivity index (χ2n) is 3.37. The summed E-state index contributed by atoms with van der Waals surface area (Å²) in [5.74, 6) is 0.295. The summed E-state index contributed by atoms with van der Waals surface area (Å²) in [4.78, 5) is 3.95. The highest BCUT2D eigenvalue weighted by molar-refractivity contribution is 6.30. The van der Waals surface area contributed by atoms with Crippen molar-refractivity contribution in [2.45, 2.75) is 19.9 Å². The van der Waals surface area contributed by atoms with Gasteiger partial charge in [0.2, 0.25) is 0 Å². The first-order valence-electron chi connectivity index (χ1n) is 4.19. The maximum atomic E-state index is 5.94. The molecule has 1 heterocycles. The Hall–Kier alpha value is -0.800. The quantitative estimate of drug-likeness (QED) is 0.716. The minimum Gasteiger partial charge on any atom is -0.398 e. The first-order valence-corrected chi connectivity index (χ1v) is 4.57. The van der Waals surface area contributed by atoms with E-state index in [1.165, 1.54) is 0 Å². The van der Waals surface area contributed by atoms with Gasteiger partial charge >= 0.3 is 0 Å². The van der Waals surface area contributed by atoms with Crippen molar-refractivity contribution in [3.63, 3.8) is 0 Å². The summed E-state index contributed by atoms with van der Waals surface area (Å²) in [6.07, 6.45) is 1.58. The van der Waals surface area contributed by atoms with Crippen molar-refractivity contribution in [1.29, 1.82) is 0 Å². The summed E-state index contributed by atoms with van der Waals surface area (Å²) in [6, 6.07) is 1.56. The van der Waals surface area contributed by atoms with Gasteiger partial charge in [0, 0.05) is 23.5 Å². The molecule has 1 aromatic heterocycles. The van der Waals surface area contributed by atoms with Gasteiger partial charge in [0.05, 0.1) is 0 Å². The molecule has 4 N–H and O–H groups in total. The number of nitrogens with zero attached hydrogens (tertiary/aromatic N) is 1. The number of halogens is 1. The third-order valence-electron chi connectivity index (χ3n) is 2.03. The molecule has 1 atom stereocenters. The van der Waals surface area contributed by atoms with Gasteiger partial charge in [0.1, 0.15) is 5.15 Å². The molecular formula is C9H14ClN3. The molecule has 0 aliphatic carbocycles. The lowest BCUT2D eigenvalue weighted by atomic mass is 9.97. The fourth-order valence-electron chi connectivity index (χ4n) is 1.12. The number of aromatic nitrogens is 1. The fourth-order valence-corrected chi connectivity index (χ4v) is 1.42. The van der Waals surface area contributed by atoms with Gasteiger partial charge < -0.3 is 11.5 Å². The summed E-state index contributed by atoms with van der Waals surface area (Å²) in [6.45, 7) is 4.04. The lowest BCUT2D eigenvalue weighted by Gasteiger charge is -2.18. The van der Waals surface area contributed by atoms with Crippen molar-refractivity contribution in [3.05, 3.63) is 23.0 Å². The topological polar surface area (TPSA) is 64.9 Å². The van der Waals surface area contributed by atoms with E-state index in [1.807, 2.05) is 13.8 Å². The SMILES string of the molecule is CC(C)[C@H](N)c1c(N)ccnc1Cl. The molecule has 0 bridgehead atoms. The molecule has 0 unspecified atom stereocenters. The normalized spacial score (nSPS) is 13.3. The van der Waals surface area contributed by atoms with E-state index in [2.05, 4.69) is 4.98 Å². The van der Waals surface area contributed by atoms with Crippen molar-refractivity contribution in [2.24, 2.45) is 11.7 Å². The van der Waals surface area contributed by atoms with Gasteiger partial charge in [-0.1, -0.05) is 25.4 Å². The predicted molar refractivity (Wildman–Crippen MR) is 55.4 cm³/mol. The summed E-state index contributed by atoms with van der Waals surface area (Å²) in [5, 5.41) is 0.404. The zero-order valence-electron chi connectivity index (χ0n) is 7.79. The standard InChI is InChI=1S/C9H14ClN3/c1-5(2)8(12)7-6(11)3-4-13-9(7)10/h3-5,8H,12H2,1-2H3,(H2,11,13)/t8-/m0/s1. The molecule has 0 saturated carbocycles. The van der Waals surface area contributed by atoms with Crippen LogP contribution in [0.25, 0.3) is 0 Å². The summed E-state index contributed by atoms with van der Waals surface area (Å²) in [5.41, 5.74) is 13.1. The Kier molecular flexibility index (Phi) is 3.12. The zero-order valence-corrected chi connectivity index (χ0v) is 8.55. The molecule has 0 saturated heterocycles. The second kappa shape index (κ2) is 3.94. The number of pyridine rings is 1. The van der Waals surface area contributed by atoms with E-state index in [0.29, 0.717) is 16.8 Å². The Bertz CT molecular complexity index is 279. The van der Waals surface area contributed by atoms with Gasteiger partial charge in [-0.3, -0.25) is 0 Å². The molecule has 3 nitrogen and oxygen atoms in total. The van der Waals surface area contributed by atoms with Crippen LogP contribution in [0, 0.1) is 5.92 Å². The molecule has 4 heteroatoms. The van der Waals surface area contributed by atoms with Crippen LogP contribution < -0.4 is 11.5 Å². The van der Waals surface area contributed by atoms with Crippen molar-refractivity contribution in [1.82, 2.24) is 4.98 Å². The first-order chi connectivity index (χ1) is 6.04. The van der Waals surface area contributed by atoms with Crippen molar-refractivity contribution in [2.75, 3.05) is 5.73 Å². The van der Waals surface area contributed by atoms with Crippen LogP contribution in [-0.4, -0.2) is 4.98 Å². The molecule has 0 aliphatic rings. The van der Waals surface area contributed by atoms with Crippen LogP contribution in [0.2, 0.25) is 5.15 Å². The van der Waals surface area contributed by atoms with E-state index in [0.717, 1.165) is 5.56 Å². The smallest absolute Gasteiger partial charge is 0.135 e. The molecule has 72 valence electrons. The Morgan fingerprint density at radius 2 is 2.08 bits per heavy atom. The fraction of sp³-hybridized carbons (Fsp3) is 0.444. The number of anilines is 1. The predicted octanol–water partition coefficient (Wildman–Crippen LogP) is 1.97. The Balaban J connectivity index is 3.12. The molecule has 0 fully saturated rings. The molecule has 0 aromatic carbocycles. The molecule has 0 amide bonds. The van der Waals surface area contributed by atoms with E-state index < -0.39 is 0 Å². The van der Waals surface area contributed by atoms with E-state index in [-0.39, 0.29) is 6.04 Å². The van der Waals surface area contributed by atoms with Gasteiger partial charge in [-0.05, 0) is 12.0 Å². The summed E-state index contributed by atoms with van der Waals surface area (Å²) in [7, 11) is 0. The Morgan fingerprint density at radius 1 is 1.46 bits per heavy atom. The van der Waals surface area contributed by atoms with E-state index >= 15 is 0 Å². The molecule has 0 aliphatic heterocycles. The number of hydrogen-bond acceptors (Lipinski definition) is 3. The van der Waals surface area contributed by atoms with Gasteiger partial charge in [-0.15, -0.1) is 0 Å². The van der Waals surface area contributed by atoms with Crippen LogP contribution >= 0.6 is 11.6 Å². The Labute approximate surface area is 83.1 Å². The van der Waals surface area contributed by atoms with Crippen LogP contribution in [0.1, 0.15) is 25.5 Å². The average molecular weight is 200 g/mol. The molecule has 0 radical (unpaired) electrons. The number of rotatable bonds is 2. The lowest BCUT2D eigenvalue weighted by molar-refractivity contribution is 0.514. The number of nitrogens with two attached hydrogens (primary N) is 2. The molecule has 1 aromatic rings. The lowest BCUT2D eigenvalue weighted by Crippen LogP contribution is -2.19. The maximum Gasteiger partial charge on any atom is 0.135 e. The zero-order chi connectivity index (χ0) is 10.0. The monoisotopic (exact) mass is 199 g/mol. The highest BCUT2D eigenvalue weighted by Crippen LogP contribution is 2.29. The molecule has 0 spiro atoms. The average Bonchev–Trinajstić information content (AvgIpc) is 2.03. The van der Waals surface area contributed by atoms with Crippen molar-refractivity contribution >= 4 is 17.3 Å². The first kappa shape index (κ1) is 10.3. The van der Waals surface area contributed by atoms with Crippen LogP contribution in [-0.2, 0) is 0 Å². The third kappa shape index (κ3) is 2.11. The van der Waals surface area contributed by atoms with Crippen LogP contribution in [0.4, 0.5) is 5.69 Å². The molecule has 1 rings (SSSR count). The van der Waals surface area contributed by atoms with Gasteiger partial charge in [-0.2, -0.15) is 0 Å². The Morgan fingerprint density at radius 3 is 2.54 bits per heavy atom. The van der Waals surface area contributed by atoms with Crippen LogP contribution in [0.15, 0.2) is 12.3 Å². The van der Waals surface area contributed by atoms with Crippen molar-refractivity contribution < 1.29 is 0 Å². The highest BCUT2D eigenvalue weighted by atomic mass is 35.5. The third-order valence-corrected chi connectivity index (χ3v) is 2.33. The largest absolute Gasteiger partial charge is 0.398 e. The number of hydrogen-bond donors (Lipinski definition) is 2. The van der Waals surface area contributed by atoms with Crippen LogP contribution in [0.3, 0.4) is 0 Å². The minimum atomic E-state index is -0.152. The van der Waals surface area contributed by atoms with Crippen molar-refractivity contribution in [3.8, 4) is 0 Å². The molecular weight excluding hydrogens is 186 g/mol. The van der Waals surface area contributed by atoms with E-state index in [9.17, 15) is 0 Å². The van der Waals surface area contributed by atoms with Crippen LogP contribution in [0.5, 0.6) is 0 Å².